The standard InChI is InChI=1S/C12H26N2/c1-9-7-11(8-13-10(9)2)14(6)12(3,4)5/h9-11,13H,7-8H2,1-6H3. The third-order valence-corrected chi connectivity index (χ3v) is 3.78. The van der Waals surface area contributed by atoms with Crippen LogP contribution in [0.4, 0.5) is 0 Å². The largest absolute Gasteiger partial charge is 0.312 e. The Morgan fingerprint density at radius 3 is 2.21 bits per heavy atom. The molecule has 0 bridgehead atoms. The summed E-state index contributed by atoms with van der Waals surface area (Å²) in [5, 5.41) is 3.59. The lowest BCUT2D eigenvalue weighted by Gasteiger charge is -2.44. The summed E-state index contributed by atoms with van der Waals surface area (Å²) in [7, 11) is 2.25. The Labute approximate surface area is 89.1 Å². The van der Waals surface area contributed by atoms with E-state index in [4.69, 9.17) is 0 Å². The topological polar surface area (TPSA) is 15.3 Å². The minimum Gasteiger partial charge on any atom is -0.312 e. The predicted octanol–water partition coefficient (Wildman–Crippen LogP) is 2.10. The molecule has 0 radical (unpaired) electrons. The normalized spacial score (nSPS) is 34.9. The molecular formula is C12H26N2. The van der Waals surface area contributed by atoms with E-state index >= 15 is 0 Å². The van der Waals surface area contributed by atoms with Gasteiger partial charge < -0.3 is 5.32 Å². The van der Waals surface area contributed by atoms with Crippen molar-refractivity contribution in [1.29, 1.82) is 0 Å². The van der Waals surface area contributed by atoms with E-state index in [0.717, 1.165) is 12.5 Å². The van der Waals surface area contributed by atoms with Gasteiger partial charge in [0.2, 0.25) is 0 Å². The molecule has 2 nitrogen and oxygen atoms in total. The minimum atomic E-state index is 0.284. The second-order valence-electron chi connectivity index (χ2n) is 5.85. The van der Waals surface area contributed by atoms with Crippen LogP contribution in [0.5, 0.6) is 0 Å². The highest BCUT2D eigenvalue weighted by Crippen LogP contribution is 2.23. The number of nitrogens with zero attached hydrogens (tertiary/aromatic N) is 1. The molecule has 3 unspecified atom stereocenters. The fourth-order valence-electron chi connectivity index (χ4n) is 2.08. The van der Waals surface area contributed by atoms with Gasteiger partial charge in [0.15, 0.2) is 0 Å². The van der Waals surface area contributed by atoms with E-state index in [1.807, 2.05) is 0 Å². The van der Waals surface area contributed by atoms with Crippen molar-refractivity contribution >= 4 is 0 Å². The van der Waals surface area contributed by atoms with Crippen molar-refractivity contribution in [2.75, 3.05) is 13.6 Å². The molecule has 0 amide bonds. The van der Waals surface area contributed by atoms with Gasteiger partial charge in [0.25, 0.3) is 0 Å². The van der Waals surface area contributed by atoms with Crippen LogP contribution in [-0.2, 0) is 0 Å². The lowest BCUT2D eigenvalue weighted by Crippen LogP contribution is -2.55. The number of hydrogen-bond donors (Lipinski definition) is 1. The van der Waals surface area contributed by atoms with Gasteiger partial charge in [0.05, 0.1) is 0 Å². The molecule has 1 N–H and O–H groups in total. The SMILES string of the molecule is CC1CC(N(C)C(C)(C)C)CNC1C. The molecule has 2 heteroatoms. The van der Waals surface area contributed by atoms with E-state index in [1.165, 1.54) is 6.42 Å². The summed E-state index contributed by atoms with van der Waals surface area (Å²) in [5.41, 5.74) is 0.284. The first kappa shape index (κ1) is 12.0. The van der Waals surface area contributed by atoms with Crippen molar-refractivity contribution in [3.63, 3.8) is 0 Å². The smallest absolute Gasteiger partial charge is 0.0225 e. The van der Waals surface area contributed by atoms with Crippen LogP contribution in [0, 0.1) is 5.92 Å². The number of piperidine rings is 1. The molecule has 0 aromatic carbocycles. The van der Waals surface area contributed by atoms with Gasteiger partial charge in [-0.2, -0.15) is 0 Å². The third kappa shape index (κ3) is 2.71. The zero-order chi connectivity index (χ0) is 10.9. The first-order valence-electron chi connectivity index (χ1n) is 5.78. The van der Waals surface area contributed by atoms with Gasteiger partial charge in [-0.05, 0) is 47.1 Å². The van der Waals surface area contributed by atoms with Crippen LogP contribution in [0.15, 0.2) is 0 Å². The van der Waals surface area contributed by atoms with Crippen molar-refractivity contribution in [2.45, 2.75) is 58.7 Å². The van der Waals surface area contributed by atoms with E-state index in [2.05, 4.69) is 51.9 Å². The van der Waals surface area contributed by atoms with Crippen molar-refractivity contribution in [2.24, 2.45) is 5.92 Å². The molecule has 0 aromatic heterocycles. The maximum atomic E-state index is 3.59. The minimum absolute atomic E-state index is 0.284. The summed E-state index contributed by atoms with van der Waals surface area (Å²) in [6.07, 6.45) is 1.32. The first-order valence-corrected chi connectivity index (χ1v) is 5.78. The van der Waals surface area contributed by atoms with Crippen molar-refractivity contribution in [1.82, 2.24) is 10.2 Å². The summed E-state index contributed by atoms with van der Waals surface area (Å²) < 4.78 is 0. The Morgan fingerprint density at radius 1 is 1.21 bits per heavy atom. The first-order chi connectivity index (χ1) is 6.32. The van der Waals surface area contributed by atoms with Crippen LogP contribution >= 0.6 is 0 Å². The molecule has 1 saturated heterocycles. The Hall–Kier alpha value is -0.0800. The Kier molecular flexibility index (Phi) is 3.59. The maximum absolute atomic E-state index is 3.59. The average Bonchev–Trinajstić information content (AvgIpc) is 2.07. The lowest BCUT2D eigenvalue weighted by molar-refractivity contribution is 0.0750. The lowest BCUT2D eigenvalue weighted by atomic mass is 9.88. The molecule has 0 spiro atoms. The monoisotopic (exact) mass is 198 g/mol. The summed E-state index contributed by atoms with van der Waals surface area (Å²) in [6, 6.07) is 1.38. The highest BCUT2D eigenvalue weighted by atomic mass is 15.2. The fourth-order valence-corrected chi connectivity index (χ4v) is 2.08. The zero-order valence-electron chi connectivity index (χ0n) is 10.6. The van der Waals surface area contributed by atoms with E-state index in [0.29, 0.717) is 12.1 Å². The molecular weight excluding hydrogens is 172 g/mol. The zero-order valence-corrected chi connectivity index (χ0v) is 10.6. The van der Waals surface area contributed by atoms with Crippen LogP contribution < -0.4 is 5.32 Å². The van der Waals surface area contributed by atoms with Crippen molar-refractivity contribution < 1.29 is 0 Å². The summed E-state index contributed by atoms with van der Waals surface area (Å²) >= 11 is 0. The molecule has 0 aromatic rings. The van der Waals surface area contributed by atoms with E-state index in [9.17, 15) is 0 Å². The van der Waals surface area contributed by atoms with Crippen molar-refractivity contribution in [3.05, 3.63) is 0 Å². The van der Waals surface area contributed by atoms with Gasteiger partial charge in [-0.25, -0.2) is 0 Å². The van der Waals surface area contributed by atoms with Gasteiger partial charge in [0, 0.05) is 24.2 Å². The number of hydrogen-bond acceptors (Lipinski definition) is 2. The summed E-state index contributed by atoms with van der Waals surface area (Å²) in [4.78, 5) is 2.50. The van der Waals surface area contributed by atoms with Crippen LogP contribution in [0.2, 0.25) is 0 Å². The third-order valence-electron chi connectivity index (χ3n) is 3.78. The number of nitrogens with one attached hydrogen (secondary N) is 1. The molecule has 1 rings (SSSR count). The van der Waals surface area contributed by atoms with E-state index < -0.39 is 0 Å². The van der Waals surface area contributed by atoms with Crippen LogP contribution in [0.25, 0.3) is 0 Å². The average molecular weight is 198 g/mol. The molecule has 1 heterocycles. The van der Waals surface area contributed by atoms with Crippen LogP contribution in [0.3, 0.4) is 0 Å². The molecule has 1 fully saturated rings. The highest BCUT2D eigenvalue weighted by Gasteiger charge is 2.31. The highest BCUT2D eigenvalue weighted by molar-refractivity contribution is 4.89. The Bertz CT molecular complexity index is 183. The predicted molar refractivity (Wildman–Crippen MR) is 62.5 cm³/mol. The van der Waals surface area contributed by atoms with Gasteiger partial charge in [0.1, 0.15) is 0 Å². The molecule has 14 heavy (non-hydrogen) atoms. The number of rotatable bonds is 1. The second kappa shape index (κ2) is 4.19. The van der Waals surface area contributed by atoms with Gasteiger partial charge in [-0.3, -0.25) is 4.90 Å². The Balaban J connectivity index is 2.55. The van der Waals surface area contributed by atoms with Gasteiger partial charge in [-0.15, -0.1) is 0 Å². The maximum Gasteiger partial charge on any atom is 0.0225 e. The van der Waals surface area contributed by atoms with Crippen LogP contribution in [-0.4, -0.2) is 36.1 Å². The molecule has 1 aliphatic heterocycles. The molecule has 3 atom stereocenters. The quantitative estimate of drug-likeness (QED) is 0.694. The number of likely N-dealkylation sites (N-methyl/N-ethyl adjacent to an activating group) is 1. The summed E-state index contributed by atoms with van der Waals surface area (Å²) in [6.45, 7) is 12.6. The Morgan fingerprint density at radius 2 is 1.79 bits per heavy atom. The van der Waals surface area contributed by atoms with Gasteiger partial charge in [-0.1, -0.05) is 6.92 Å². The van der Waals surface area contributed by atoms with E-state index in [1.54, 1.807) is 0 Å². The molecule has 0 saturated carbocycles. The molecule has 84 valence electrons. The van der Waals surface area contributed by atoms with Crippen molar-refractivity contribution in [3.8, 4) is 0 Å². The van der Waals surface area contributed by atoms with Gasteiger partial charge >= 0.3 is 0 Å². The molecule has 0 aliphatic carbocycles. The van der Waals surface area contributed by atoms with Crippen LogP contribution in [0.1, 0.15) is 41.0 Å². The molecule has 1 aliphatic rings. The van der Waals surface area contributed by atoms with E-state index in [-0.39, 0.29) is 5.54 Å². The summed E-state index contributed by atoms with van der Waals surface area (Å²) in [5.74, 6) is 0.790. The second-order valence-corrected chi connectivity index (χ2v) is 5.85. The fraction of sp³-hybridized carbons (Fsp3) is 1.00.